The van der Waals surface area contributed by atoms with Crippen molar-refractivity contribution >= 4 is 23.3 Å². The van der Waals surface area contributed by atoms with Crippen LogP contribution < -0.4 is 0 Å². The van der Waals surface area contributed by atoms with Crippen molar-refractivity contribution < 1.29 is 34.1 Å². The molecule has 0 aliphatic heterocycles. The summed E-state index contributed by atoms with van der Waals surface area (Å²) in [6.07, 6.45) is -0.981. The molecule has 7 nitrogen and oxygen atoms in total. The van der Waals surface area contributed by atoms with Crippen molar-refractivity contribution in [3.63, 3.8) is 0 Å². The number of aliphatic hydroxyl groups is 1. The fraction of sp³-hybridized carbons (Fsp3) is 0.312. The van der Waals surface area contributed by atoms with Gasteiger partial charge in [-0.2, -0.15) is 0 Å². The molecule has 1 aliphatic carbocycles. The molecule has 0 amide bonds. The van der Waals surface area contributed by atoms with Gasteiger partial charge < -0.3 is 19.7 Å². The fourth-order valence-electron chi connectivity index (χ4n) is 2.42. The summed E-state index contributed by atoms with van der Waals surface area (Å²) < 4.78 is 9.65. The highest BCUT2D eigenvalue weighted by atomic mass is 16.5. The molecule has 0 fully saturated rings. The molecule has 0 unspecified atom stereocenters. The lowest BCUT2D eigenvalue weighted by atomic mass is 9.85. The highest BCUT2D eigenvalue weighted by molar-refractivity contribution is 6.52. The van der Waals surface area contributed by atoms with Gasteiger partial charge in [-0.15, -0.1) is 0 Å². The summed E-state index contributed by atoms with van der Waals surface area (Å²) in [6.45, 7) is 0. The molecule has 0 saturated carbocycles. The average molecular weight is 320 g/mol. The van der Waals surface area contributed by atoms with Gasteiger partial charge in [0, 0.05) is 24.7 Å². The minimum Gasteiger partial charge on any atom is -0.507 e. The molecule has 2 N–H and O–H groups in total. The first-order valence-corrected chi connectivity index (χ1v) is 6.83. The number of aromatic hydroxyl groups is 1. The molecule has 0 radical (unpaired) electrons. The number of phenolic OH excluding ortho intramolecular Hbond substituents is 1. The molecule has 0 spiro atoms. The smallest absolute Gasteiger partial charge is 0.308 e. The van der Waals surface area contributed by atoms with Crippen molar-refractivity contribution in [3.8, 4) is 5.75 Å². The van der Waals surface area contributed by atoms with Gasteiger partial charge in [0.15, 0.2) is 0 Å². The second-order valence-electron chi connectivity index (χ2n) is 5.03. The summed E-state index contributed by atoms with van der Waals surface area (Å²) in [5, 5.41) is 20.0. The first kappa shape index (κ1) is 16.7. The fourth-order valence-corrected chi connectivity index (χ4v) is 2.42. The second-order valence-corrected chi connectivity index (χ2v) is 5.03. The predicted octanol–water partition coefficient (Wildman–Crippen LogP) is 1.39. The van der Waals surface area contributed by atoms with Crippen LogP contribution in [-0.2, 0) is 19.1 Å². The Balaban J connectivity index is 2.41. The molecule has 1 atom stereocenters. The van der Waals surface area contributed by atoms with E-state index in [1.54, 1.807) is 0 Å². The van der Waals surface area contributed by atoms with Crippen LogP contribution in [-0.4, -0.2) is 48.1 Å². The van der Waals surface area contributed by atoms with Crippen LogP contribution in [0.1, 0.15) is 28.8 Å². The molecule has 1 aliphatic rings. The van der Waals surface area contributed by atoms with E-state index in [2.05, 4.69) is 4.74 Å². The molecule has 1 aromatic carbocycles. The van der Waals surface area contributed by atoms with Crippen molar-refractivity contribution in [2.45, 2.75) is 18.9 Å². The second kappa shape index (κ2) is 6.62. The lowest BCUT2D eigenvalue weighted by Gasteiger charge is -2.21. The maximum atomic E-state index is 12.2. The lowest BCUT2D eigenvalue weighted by molar-refractivity contribution is -0.143. The van der Waals surface area contributed by atoms with Gasteiger partial charge >= 0.3 is 5.97 Å². The van der Waals surface area contributed by atoms with Gasteiger partial charge in [0.2, 0.25) is 11.6 Å². The van der Waals surface area contributed by atoms with E-state index in [1.807, 2.05) is 0 Å². The van der Waals surface area contributed by atoms with Crippen LogP contribution >= 0.6 is 0 Å². The van der Waals surface area contributed by atoms with Gasteiger partial charge in [-0.05, 0) is 6.07 Å². The third kappa shape index (κ3) is 3.09. The minimum atomic E-state index is -0.927. The number of benzene rings is 1. The van der Waals surface area contributed by atoms with Gasteiger partial charge in [0.25, 0.3) is 0 Å². The van der Waals surface area contributed by atoms with Crippen molar-refractivity contribution in [1.29, 1.82) is 0 Å². The molecule has 122 valence electrons. The Kier molecular flexibility index (Phi) is 4.80. The molecule has 23 heavy (non-hydrogen) atoms. The highest BCUT2D eigenvalue weighted by Crippen LogP contribution is 2.35. The molecule has 1 aromatic rings. The van der Waals surface area contributed by atoms with Crippen LogP contribution in [0.25, 0.3) is 5.76 Å². The van der Waals surface area contributed by atoms with Crippen LogP contribution in [0.2, 0.25) is 0 Å². The Hall–Kier alpha value is -2.67. The largest absolute Gasteiger partial charge is 0.507 e. The van der Waals surface area contributed by atoms with E-state index in [4.69, 9.17) is 4.74 Å². The van der Waals surface area contributed by atoms with E-state index in [0.717, 1.165) is 0 Å². The van der Waals surface area contributed by atoms with E-state index in [1.165, 1.54) is 32.4 Å². The van der Waals surface area contributed by atoms with Crippen molar-refractivity contribution in [3.05, 3.63) is 34.9 Å². The topological polar surface area (TPSA) is 110 Å². The summed E-state index contributed by atoms with van der Waals surface area (Å²) in [5.41, 5.74) is -0.290. The quantitative estimate of drug-likeness (QED) is 0.623. The van der Waals surface area contributed by atoms with Gasteiger partial charge in [0.05, 0.1) is 25.2 Å². The van der Waals surface area contributed by atoms with E-state index in [-0.39, 0.29) is 35.3 Å². The standard InChI is InChI=1S/C16H16O7/c1-22-8(7-12(18)23-2)6-10-14(19)9-4-3-5-11(17)13(9)16(21)15(10)20/h3-5,8,17,19H,6-7H2,1-2H3/t8-/m0/s1. The maximum Gasteiger partial charge on any atom is 0.308 e. The molecule has 0 heterocycles. The van der Waals surface area contributed by atoms with E-state index in [0.29, 0.717) is 0 Å². The average Bonchev–Trinajstić information content (AvgIpc) is 2.55. The number of aliphatic hydroxyl groups excluding tert-OH is 1. The van der Waals surface area contributed by atoms with Crippen molar-refractivity contribution in [2.75, 3.05) is 14.2 Å². The molecular weight excluding hydrogens is 304 g/mol. The SMILES string of the molecule is COC(=O)C[C@H](CC1=C(O)c2cccc(O)c2C(=O)C1=O)OC. The first-order valence-electron chi connectivity index (χ1n) is 6.83. The number of ketones is 2. The number of esters is 1. The number of rotatable bonds is 5. The monoisotopic (exact) mass is 320 g/mol. The van der Waals surface area contributed by atoms with E-state index >= 15 is 0 Å². The molecule has 0 aromatic heterocycles. The number of methoxy groups -OCH3 is 2. The Morgan fingerprint density at radius 3 is 2.48 bits per heavy atom. The summed E-state index contributed by atoms with van der Waals surface area (Å²) >= 11 is 0. The van der Waals surface area contributed by atoms with Crippen molar-refractivity contribution in [2.24, 2.45) is 0 Å². The number of carbonyl (C=O) groups excluding carboxylic acids is 3. The summed E-state index contributed by atoms with van der Waals surface area (Å²) in [5.74, 6) is -3.14. The Morgan fingerprint density at radius 2 is 1.87 bits per heavy atom. The lowest BCUT2D eigenvalue weighted by Crippen LogP contribution is -2.28. The zero-order chi connectivity index (χ0) is 17.1. The van der Waals surface area contributed by atoms with Gasteiger partial charge in [0.1, 0.15) is 11.5 Å². The molecule has 0 bridgehead atoms. The third-order valence-electron chi connectivity index (χ3n) is 3.68. The van der Waals surface area contributed by atoms with Crippen LogP contribution in [0.4, 0.5) is 0 Å². The van der Waals surface area contributed by atoms with Crippen LogP contribution in [0, 0.1) is 0 Å². The number of fused-ring (bicyclic) bond motifs is 1. The van der Waals surface area contributed by atoms with Crippen LogP contribution in [0.3, 0.4) is 0 Å². The number of hydrogen-bond acceptors (Lipinski definition) is 7. The molecule has 2 rings (SSSR count). The third-order valence-corrected chi connectivity index (χ3v) is 3.68. The zero-order valence-electron chi connectivity index (χ0n) is 12.7. The highest BCUT2D eigenvalue weighted by Gasteiger charge is 2.36. The summed E-state index contributed by atoms with van der Waals surface area (Å²) in [6, 6.07) is 4.14. The Morgan fingerprint density at radius 1 is 1.17 bits per heavy atom. The summed E-state index contributed by atoms with van der Waals surface area (Å²) in [4.78, 5) is 35.7. The van der Waals surface area contributed by atoms with Crippen molar-refractivity contribution in [1.82, 2.24) is 0 Å². The Labute approximate surface area is 132 Å². The number of phenols is 1. The minimum absolute atomic E-state index is 0.0810. The maximum absolute atomic E-state index is 12.2. The Bertz CT molecular complexity index is 702. The summed E-state index contributed by atoms with van der Waals surface area (Å²) in [7, 11) is 2.57. The van der Waals surface area contributed by atoms with E-state index < -0.39 is 29.4 Å². The van der Waals surface area contributed by atoms with Gasteiger partial charge in [-0.25, -0.2) is 0 Å². The molecular formula is C16H16O7. The van der Waals surface area contributed by atoms with Gasteiger partial charge in [-0.1, -0.05) is 12.1 Å². The van der Waals surface area contributed by atoms with Crippen LogP contribution in [0.15, 0.2) is 23.8 Å². The van der Waals surface area contributed by atoms with Crippen LogP contribution in [0.5, 0.6) is 5.75 Å². The first-order chi connectivity index (χ1) is 10.9. The normalized spacial score (nSPS) is 15.4. The van der Waals surface area contributed by atoms with Gasteiger partial charge in [-0.3, -0.25) is 14.4 Å². The number of ether oxygens (including phenoxy) is 2. The zero-order valence-corrected chi connectivity index (χ0v) is 12.7. The van der Waals surface area contributed by atoms with E-state index in [9.17, 15) is 24.6 Å². The number of hydrogen-bond donors (Lipinski definition) is 2. The molecule has 7 heteroatoms. The number of Topliss-reactive ketones (excluding diaryl/α,β-unsaturated/α-hetero) is 2. The predicted molar refractivity (Wildman–Crippen MR) is 79.0 cm³/mol. The number of carbonyl (C=O) groups is 3. The molecule has 0 saturated heterocycles.